The summed E-state index contributed by atoms with van der Waals surface area (Å²) in [6.45, 7) is 10.00. The van der Waals surface area contributed by atoms with E-state index in [-0.39, 0.29) is 5.92 Å². The van der Waals surface area contributed by atoms with Crippen LogP contribution in [0.5, 0.6) is 0 Å². The molecule has 3 rings (SSSR count). The van der Waals surface area contributed by atoms with Gasteiger partial charge in [0.05, 0.1) is 5.92 Å². The summed E-state index contributed by atoms with van der Waals surface area (Å²) < 4.78 is 5.38. The molecular weight excluding hydrogens is 304 g/mol. The van der Waals surface area contributed by atoms with Gasteiger partial charge in [0.1, 0.15) is 5.82 Å². The van der Waals surface area contributed by atoms with Crippen LogP contribution in [-0.4, -0.2) is 46.3 Å². The molecule has 1 fully saturated rings. The van der Waals surface area contributed by atoms with E-state index in [0.29, 0.717) is 11.9 Å². The molecule has 0 aliphatic carbocycles. The maximum absolute atomic E-state index is 5.38. The summed E-state index contributed by atoms with van der Waals surface area (Å²) in [6, 6.07) is 2.41. The zero-order valence-electron chi connectivity index (χ0n) is 15.2. The molecule has 0 N–H and O–H groups in total. The van der Waals surface area contributed by atoms with Crippen LogP contribution in [0.4, 0.5) is 11.8 Å². The highest BCUT2D eigenvalue weighted by atomic mass is 16.5. The lowest BCUT2D eigenvalue weighted by atomic mass is 9.98. The molecule has 1 saturated heterocycles. The highest BCUT2D eigenvalue weighted by Gasteiger charge is 2.27. The Morgan fingerprint density at radius 2 is 2.04 bits per heavy atom. The lowest BCUT2D eigenvalue weighted by Crippen LogP contribution is -2.36. The zero-order chi connectivity index (χ0) is 17.3. The maximum Gasteiger partial charge on any atom is 0.231 e. The quantitative estimate of drug-likeness (QED) is 0.853. The van der Waals surface area contributed by atoms with Gasteiger partial charge in [0.25, 0.3) is 0 Å². The van der Waals surface area contributed by atoms with Crippen molar-refractivity contribution >= 4 is 11.8 Å². The highest BCUT2D eigenvalue weighted by molar-refractivity contribution is 5.46. The average molecular weight is 330 g/mol. The predicted octanol–water partition coefficient (Wildman–Crippen LogP) is 2.71. The number of hydrogen-bond acceptors (Lipinski definition) is 7. The molecule has 1 aliphatic heterocycles. The Kier molecular flexibility index (Phi) is 4.69. The summed E-state index contributed by atoms with van der Waals surface area (Å²) in [7, 11) is 2.03. The van der Waals surface area contributed by atoms with Crippen LogP contribution in [0.15, 0.2) is 10.6 Å². The van der Waals surface area contributed by atoms with Crippen molar-refractivity contribution in [3.63, 3.8) is 0 Å². The molecule has 1 atom stereocenters. The number of anilines is 2. The van der Waals surface area contributed by atoms with Crippen molar-refractivity contribution in [1.29, 1.82) is 0 Å². The second-order valence-electron chi connectivity index (χ2n) is 6.84. The Morgan fingerprint density at radius 3 is 2.71 bits per heavy atom. The van der Waals surface area contributed by atoms with Crippen LogP contribution >= 0.6 is 0 Å². The average Bonchev–Trinajstić information content (AvgIpc) is 3.00. The summed E-state index contributed by atoms with van der Waals surface area (Å²) in [5.74, 6) is 3.45. The minimum atomic E-state index is 0.265. The standard InChI is InChI=1S/C17H26N6O/c1-11(2)22(5)17-18-12(3)9-15(20-17)23-8-6-7-14(10-23)16-19-13(4)21-24-16/h9,11,14H,6-8,10H2,1-5H3. The smallest absolute Gasteiger partial charge is 0.231 e. The molecule has 0 amide bonds. The molecule has 0 saturated carbocycles. The van der Waals surface area contributed by atoms with Crippen LogP contribution in [0.1, 0.15) is 50.0 Å². The molecule has 24 heavy (non-hydrogen) atoms. The highest BCUT2D eigenvalue weighted by Crippen LogP contribution is 2.29. The minimum absolute atomic E-state index is 0.265. The minimum Gasteiger partial charge on any atom is -0.356 e. The molecule has 0 spiro atoms. The number of aryl methyl sites for hydroxylation is 2. The largest absolute Gasteiger partial charge is 0.356 e. The van der Waals surface area contributed by atoms with Gasteiger partial charge in [-0.25, -0.2) is 4.98 Å². The van der Waals surface area contributed by atoms with Crippen LogP contribution in [0.3, 0.4) is 0 Å². The lowest BCUT2D eigenvalue weighted by Gasteiger charge is -2.32. The zero-order valence-corrected chi connectivity index (χ0v) is 15.2. The normalized spacial score (nSPS) is 18.2. The van der Waals surface area contributed by atoms with E-state index < -0.39 is 0 Å². The summed E-state index contributed by atoms with van der Waals surface area (Å²) in [4.78, 5) is 18.2. The molecule has 0 aromatic carbocycles. The molecule has 2 aromatic heterocycles. The van der Waals surface area contributed by atoms with Gasteiger partial charge in [-0.15, -0.1) is 0 Å². The fourth-order valence-electron chi connectivity index (χ4n) is 2.95. The number of rotatable bonds is 4. The Bertz CT molecular complexity index is 698. The van der Waals surface area contributed by atoms with E-state index in [9.17, 15) is 0 Å². The summed E-state index contributed by atoms with van der Waals surface area (Å²) in [5.41, 5.74) is 0.984. The molecule has 130 valence electrons. The van der Waals surface area contributed by atoms with Gasteiger partial charge in [0.15, 0.2) is 5.82 Å². The van der Waals surface area contributed by atoms with Crippen LogP contribution in [0, 0.1) is 13.8 Å². The van der Waals surface area contributed by atoms with Crippen molar-refractivity contribution in [2.45, 2.75) is 52.5 Å². The van der Waals surface area contributed by atoms with E-state index in [4.69, 9.17) is 9.51 Å². The van der Waals surface area contributed by atoms with Crippen molar-refractivity contribution in [3.05, 3.63) is 23.5 Å². The Morgan fingerprint density at radius 1 is 1.25 bits per heavy atom. The fraction of sp³-hybridized carbons (Fsp3) is 0.647. The molecule has 0 radical (unpaired) electrons. The van der Waals surface area contributed by atoms with Gasteiger partial charge in [0.2, 0.25) is 11.8 Å². The van der Waals surface area contributed by atoms with Gasteiger partial charge in [-0.1, -0.05) is 5.16 Å². The second-order valence-corrected chi connectivity index (χ2v) is 6.84. The Hall–Kier alpha value is -2.18. The molecule has 2 aromatic rings. The van der Waals surface area contributed by atoms with E-state index in [2.05, 4.69) is 44.8 Å². The van der Waals surface area contributed by atoms with Crippen molar-refractivity contribution in [1.82, 2.24) is 20.1 Å². The first-order valence-corrected chi connectivity index (χ1v) is 8.57. The molecule has 7 nitrogen and oxygen atoms in total. The van der Waals surface area contributed by atoms with Gasteiger partial charge in [-0.2, -0.15) is 9.97 Å². The van der Waals surface area contributed by atoms with Gasteiger partial charge in [-0.05, 0) is 40.5 Å². The van der Waals surface area contributed by atoms with E-state index >= 15 is 0 Å². The molecule has 1 unspecified atom stereocenters. The van der Waals surface area contributed by atoms with Crippen LogP contribution in [-0.2, 0) is 0 Å². The third-order valence-electron chi connectivity index (χ3n) is 4.56. The van der Waals surface area contributed by atoms with E-state index in [1.165, 1.54) is 0 Å². The van der Waals surface area contributed by atoms with Crippen LogP contribution < -0.4 is 9.80 Å². The third kappa shape index (κ3) is 3.49. The molecule has 0 bridgehead atoms. The van der Waals surface area contributed by atoms with Crippen molar-refractivity contribution < 1.29 is 4.52 Å². The van der Waals surface area contributed by atoms with Gasteiger partial charge >= 0.3 is 0 Å². The maximum atomic E-state index is 5.38. The topological polar surface area (TPSA) is 71.2 Å². The van der Waals surface area contributed by atoms with E-state index in [0.717, 1.165) is 49.3 Å². The van der Waals surface area contributed by atoms with Crippen LogP contribution in [0.25, 0.3) is 0 Å². The van der Waals surface area contributed by atoms with Gasteiger partial charge in [-0.3, -0.25) is 0 Å². The number of nitrogens with zero attached hydrogens (tertiary/aromatic N) is 6. The number of aromatic nitrogens is 4. The SMILES string of the molecule is Cc1cc(N2CCCC(c3nc(C)no3)C2)nc(N(C)C(C)C)n1. The van der Waals surface area contributed by atoms with Crippen molar-refractivity contribution in [2.75, 3.05) is 29.9 Å². The summed E-state index contributed by atoms with van der Waals surface area (Å²) in [5, 5.41) is 3.92. The first kappa shape index (κ1) is 16.7. The van der Waals surface area contributed by atoms with Crippen molar-refractivity contribution in [3.8, 4) is 0 Å². The first-order valence-electron chi connectivity index (χ1n) is 8.57. The van der Waals surface area contributed by atoms with Gasteiger partial charge < -0.3 is 14.3 Å². The van der Waals surface area contributed by atoms with Gasteiger partial charge in [0, 0.05) is 37.9 Å². The summed E-state index contributed by atoms with van der Waals surface area (Å²) in [6.07, 6.45) is 2.16. The third-order valence-corrected chi connectivity index (χ3v) is 4.56. The molecule has 1 aliphatic rings. The predicted molar refractivity (Wildman–Crippen MR) is 93.5 cm³/mol. The van der Waals surface area contributed by atoms with E-state index in [1.807, 2.05) is 20.9 Å². The monoisotopic (exact) mass is 330 g/mol. The Labute approximate surface area is 143 Å². The summed E-state index contributed by atoms with van der Waals surface area (Å²) >= 11 is 0. The number of hydrogen-bond donors (Lipinski definition) is 0. The number of piperidine rings is 1. The second kappa shape index (κ2) is 6.75. The van der Waals surface area contributed by atoms with E-state index in [1.54, 1.807) is 0 Å². The Balaban J connectivity index is 1.83. The lowest BCUT2D eigenvalue weighted by molar-refractivity contribution is 0.331. The van der Waals surface area contributed by atoms with Crippen LogP contribution in [0.2, 0.25) is 0 Å². The fourth-order valence-corrected chi connectivity index (χ4v) is 2.95. The van der Waals surface area contributed by atoms with Crippen molar-refractivity contribution in [2.24, 2.45) is 0 Å². The first-order chi connectivity index (χ1) is 11.4. The molecule has 7 heteroatoms. The molecule has 3 heterocycles. The molecular formula is C17H26N6O.